The minimum absolute atomic E-state index is 0.109. The second-order valence-corrected chi connectivity index (χ2v) is 4.90. The number of amides is 3. The van der Waals surface area contributed by atoms with Gasteiger partial charge in [-0.15, -0.1) is 0 Å². The Bertz CT molecular complexity index is 645. The van der Waals surface area contributed by atoms with Crippen molar-refractivity contribution in [3.05, 3.63) is 66.0 Å². The van der Waals surface area contributed by atoms with E-state index in [1.165, 1.54) is 12.1 Å². The summed E-state index contributed by atoms with van der Waals surface area (Å²) in [5.74, 6) is -0.568. The van der Waals surface area contributed by atoms with Gasteiger partial charge in [0.25, 0.3) is 0 Å². The summed E-state index contributed by atoms with van der Waals surface area (Å²) in [6.45, 7) is 0.314. The Balaban J connectivity index is 1.63. The molecule has 0 aromatic heterocycles. The molecule has 120 valence electrons. The van der Waals surface area contributed by atoms with Crippen LogP contribution in [-0.4, -0.2) is 25.0 Å². The van der Waals surface area contributed by atoms with E-state index in [-0.39, 0.29) is 18.3 Å². The second kappa shape index (κ2) is 8.53. The number of nitrogens with one attached hydrogen (secondary N) is 3. The van der Waals surface area contributed by atoms with Crippen LogP contribution in [0.1, 0.15) is 5.56 Å². The lowest BCUT2D eigenvalue weighted by molar-refractivity contribution is -0.120. The molecular weight excluding hydrogens is 297 g/mol. The van der Waals surface area contributed by atoms with Crippen LogP contribution in [0, 0.1) is 5.82 Å². The maximum atomic E-state index is 12.8. The molecule has 3 N–H and O–H groups in total. The number of anilines is 1. The van der Waals surface area contributed by atoms with Crippen LogP contribution in [0.5, 0.6) is 0 Å². The first-order chi connectivity index (χ1) is 11.1. The molecule has 0 aliphatic heterocycles. The molecule has 0 aliphatic carbocycles. The molecule has 0 saturated carbocycles. The SMILES string of the molecule is O=C(CNC(=O)Nc1ccccc1)NCCc1ccc(F)cc1. The summed E-state index contributed by atoms with van der Waals surface area (Å²) in [7, 11) is 0. The van der Waals surface area contributed by atoms with E-state index in [0.29, 0.717) is 18.7 Å². The highest BCUT2D eigenvalue weighted by Gasteiger charge is 2.05. The van der Waals surface area contributed by atoms with Crippen molar-refractivity contribution >= 4 is 17.6 Å². The van der Waals surface area contributed by atoms with E-state index in [9.17, 15) is 14.0 Å². The minimum atomic E-state index is -0.440. The summed E-state index contributed by atoms with van der Waals surface area (Å²) < 4.78 is 12.8. The molecule has 0 aliphatic rings. The van der Waals surface area contributed by atoms with Gasteiger partial charge in [0, 0.05) is 12.2 Å². The van der Waals surface area contributed by atoms with Crippen molar-refractivity contribution in [3.8, 4) is 0 Å². The molecule has 0 spiro atoms. The Morgan fingerprint density at radius 3 is 2.30 bits per heavy atom. The number of carbonyl (C=O) groups is 2. The largest absolute Gasteiger partial charge is 0.354 e. The third-order valence-electron chi connectivity index (χ3n) is 3.09. The summed E-state index contributed by atoms with van der Waals surface area (Å²) in [5.41, 5.74) is 1.59. The van der Waals surface area contributed by atoms with E-state index >= 15 is 0 Å². The summed E-state index contributed by atoms with van der Waals surface area (Å²) in [5, 5.41) is 7.78. The van der Waals surface area contributed by atoms with Gasteiger partial charge >= 0.3 is 6.03 Å². The van der Waals surface area contributed by atoms with Crippen LogP contribution in [0.4, 0.5) is 14.9 Å². The monoisotopic (exact) mass is 315 g/mol. The van der Waals surface area contributed by atoms with E-state index in [1.54, 1.807) is 36.4 Å². The van der Waals surface area contributed by atoms with Crippen molar-refractivity contribution in [2.24, 2.45) is 0 Å². The number of halogens is 1. The van der Waals surface area contributed by atoms with Gasteiger partial charge in [-0.05, 0) is 36.2 Å². The quantitative estimate of drug-likeness (QED) is 0.765. The van der Waals surface area contributed by atoms with Crippen molar-refractivity contribution < 1.29 is 14.0 Å². The molecule has 0 fully saturated rings. The van der Waals surface area contributed by atoms with Crippen molar-refractivity contribution in [1.29, 1.82) is 0 Å². The van der Waals surface area contributed by atoms with Gasteiger partial charge in [-0.25, -0.2) is 9.18 Å². The average molecular weight is 315 g/mol. The lowest BCUT2D eigenvalue weighted by Crippen LogP contribution is -2.39. The summed E-state index contributed by atoms with van der Waals surface area (Å²) in [6.07, 6.45) is 0.599. The van der Waals surface area contributed by atoms with Crippen molar-refractivity contribution in [2.75, 3.05) is 18.4 Å². The van der Waals surface area contributed by atoms with Crippen molar-refractivity contribution in [2.45, 2.75) is 6.42 Å². The van der Waals surface area contributed by atoms with Crippen LogP contribution >= 0.6 is 0 Å². The van der Waals surface area contributed by atoms with Crippen LogP contribution in [0.3, 0.4) is 0 Å². The molecule has 23 heavy (non-hydrogen) atoms. The zero-order chi connectivity index (χ0) is 16.5. The van der Waals surface area contributed by atoms with Crippen LogP contribution in [0.25, 0.3) is 0 Å². The van der Waals surface area contributed by atoms with Gasteiger partial charge < -0.3 is 16.0 Å². The summed E-state index contributed by atoms with van der Waals surface area (Å²) >= 11 is 0. The number of carbonyl (C=O) groups excluding carboxylic acids is 2. The maximum absolute atomic E-state index is 12.8. The molecule has 0 unspecified atom stereocenters. The number of rotatable bonds is 6. The lowest BCUT2D eigenvalue weighted by atomic mass is 10.1. The third kappa shape index (κ3) is 6.17. The molecule has 0 saturated heterocycles. The second-order valence-electron chi connectivity index (χ2n) is 4.90. The Hall–Kier alpha value is -2.89. The number of benzene rings is 2. The Morgan fingerprint density at radius 1 is 0.913 bits per heavy atom. The molecule has 0 heterocycles. The number of hydrogen-bond acceptors (Lipinski definition) is 2. The number of hydrogen-bond donors (Lipinski definition) is 3. The topological polar surface area (TPSA) is 70.2 Å². The molecule has 2 rings (SSSR count). The lowest BCUT2D eigenvalue weighted by Gasteiger charge is -2.08. The van der Waals surface area contributed by atoms with Gasteiger partial charge in [0.15, 0.2) is 0 Å². The first-order valence-electron chi connectivity index (χ1n) is 7.24. The number of para-hydroxylation sites is 1. The molecule has 6 heteroatoms. The molecular formula is C17H18FN3O2. The van der Waals surface area contributed by atoms with E-state index in [2.05, 4.69) is 16.0 Å². The van der Waals surface area contributed by atoms with E-state index in [4.69, 9.17) is 0 Å². The molecule has 2 aromatic carbocycles. The molecule has 2 aromatic rings. The third-order valence-corrected chi connectivity index (χ3v) is 3.09. The van der Waals surface area contributed by atoms with Crippen LogP contribution in [-0.2, 0) is 11.2 Å². The minimum Gasteiger partial charge on any atom is -0.354 e. The van der Waals surface area contributed by atoms with Crippen LogP contribution in [0.2, 0.25) is 0 Å². The fourth-order valence-electron chi connectivity index (χ4n) is 1.92. The highest BCUT2D eigenvalue weighted by molar-refractivity contribution is 5.92. The van der Waals surface area contributed by atoms with Gasteiger partial charge in [0.1, 0.15) is 5.82 Å². The standard InChI is InChI=1S/C17H18FN3O2/c18-14-8-6-13(7-9-14)10-11-19-16(22)12-20-17(23)21-15-4-2-1-3-5-15/h1-9H,10-12H2,(H,19,22)(H2,20,21,23). The first kappa shape index (κ1) is 16.5. The Labute approximate surface area is 133 Å². The van der Waals surface area contributed by atoms with E-state index in [0.717, 1.165) is 5.56 Å². The fourth-order valence-corrected chi connectivity index (χ4v) is 1.92. The van der Waals surface area contributed by atoms with E-state index < -0.39 is 6.03 Å². The predicted octanol–water partition coefficient (Wildman–Crippen LogP) is 2.31. The van der Waals surface area contributed by atoms with E-state index in [1.807, 2.05) is 6.07 Å². The maximum Gasteiger partial charge on any atom is 0.319 e. The number of urea groups is 1. The van der Waals surface area contributed by atoms with Gasteiger partial charge in [-0.3, -0.25) is 4.79 Å². The van der Waals surface area contributed by atoms with Crippen molar-refractivity contribution in [1.82, 2.24) is 10.6 Å². The molecule has 0 atom stereocenters. The van der Waals surface area contributed by atoms with Crippen molar-refractivity contribution in [3.63, 3.8) is 0 Å². The summed E-state index contributed by atoms with van der Waals surface area (Å²) in [4.78, 5) is 23.2. The molecule has 0 radical (unpaired) electrons. The van der Waals surface area contributed by atoms with Gasteiger partial charge in [-0.1, -0.05) is 30.3 Å². The first-order valence-corrected chi connectivity index (χ1v) is 7.24. The fraction of sp³-hybridized carbons (Fsp3) is 0.176. The highest BCUT2D eigenvalue weighted by Crippen LogP contribution is 2.04. The van der Waals surface area contributed by atoms with Gasteiger partial charge in [0.05, 0.1) is 6.54 Å². The van der Waals surface area contributed by atoms with Gasteiger partial charge in [0.2, 0.25) is 5.91 Å². The molecule has 5 nitrogen and oxygen atoms in total. The Kier molecular flexibility index (Phi) is 6.11. The summed E-state index contributed by atoms with van der Waals surface area (Å²) in [6, 6.07) is 14.6. The Morgan fingerprint density at radius 2 is 1.61 bits per heavy atom. The molecule has 3 amide bonds. The van der Waals surface area contributed by atoms with Crippen LogP contribution in [0.15, 0.2) is 54.6 Å². The normalized spacial score (nSPS) is 9.96. The highest BCUT2D eigenvalue weighted by atomic mass is 19.1. The zero-order valence-corrected chi connectivity index (χ0v) is 12.5. The van der Waals surface area contributed by atoms with Gasteiger partial charge in [-0.2, -0.15) is 0 Å². The zero-order valence-electron chi connectivity index (χ0n) is 12.5. The average Bonchev–Trinajstić information content (AvgIpc) is 2.56. The molecule has 0 bridgehead atoms. The van der Waals surface area contributed by atoms with Crippen LogP contribution < -0.4 is 16.0 Å². The predicted molar refractivity (Wildman–Crippen MR) is 86.6 cm³/mol. The smallest absolute Gasteiger partial charge is 0.319 e.